The van der Waals surface area contributed by atoms with E-state index >= 15 is 0 Å². The minimum Gasteiger partial charge on any atom is -0.341 e. The van der Waals surface area contributed by atoms with Crippen molar-refractivity contribution in [3.63, 3.8) is 0 Å². The van der Waals surface area contributed by atoms with E-state index in [0.29, 0.717) is 0 Å². The molecule has 16 heavy (non-hydrogen) atoms. The lowest BCUT2D eigenvalue weighted by atomic mass is 10.0. The quantitative estimate of drug-likeness (QED) is 0.836. The van der Waals surface area contributed by atoms with Crippen LogP contribution in [-0.2, 0) is 6.54 Å². The Morgan fingerprint density at radius 1 is 1.44 bits per heavy atom. The molecule has 0 aliphatic carbocycles. The van der Waals surface area contributed by atoms with Gasteiger partial charge in [0, 0.05) is 37.6 Å². The van der Waals surface area contributed by atoms with Crippen LogP contribution in [0.3, 0.4) is 0 Å². The van der Waals surface area contributed by atoms with Gasteiger partial charge >= 0.3 is 0 Å². The van der Waals surface area contributed by atoms with Gasteiger partial charge in [-0.15, -0.1) is 0 Å². The third-order valence-corrected chi connectivity index (χ3v) is 3.01. The first-order chi connectivity index (χ1) is 7.79. The first-order valence-corrected chi connectivity index (χ1v) is 6.00. The Morgan fingerprint density at radius 3 is 2.81 bits per heavy atom. The van der Waals surface area contributed by atoms with Gasteiger partial charge in [-0.2, -0.15) is 0 Å². The number of nitrogens with one attached hydrogen (secondary N) is 1. The van der Waals surface area contributed by atoms with Gasteiger partial charge in [-0.05, 0) is 25.8 Å². The van der Waals surface area contributed by atoms with Crippen molar-refractivity contribution in [2.24, 2.45) is 5.92 Å². The molecule has 1 aliphatic heterocycles. The summed E-state index contributed by atoms with van der Waals surface area (Å²) < 4.78 is 0. The molecule has 0 bridgehead atoms. The Labute approximate surface area is 97.1 Å². The number of anilines is 1. The minimum atomic E-state index is 0.759. The molecular formula is C12H20N4. The van der Waals surface area contributed by atoms with Crippen molar-refractivity contribution in [1.82, 2.24) is 15.3 Å². The molecule has 1 aromatic heterocycles. The van der Waals surface area contributed by atoms with Crippen LogP contribution in [0.15, 0.2) is 12.4 Å². The molecule has 88 valence electrons. The van der Waals surface area contributed by atoms with E-state index in [2.05, 4.69) is 27.1 Å². The van der Waals surface area contributed by atoms with Crippen molar-refractivity contribution >= 4 is 5.95 Å². The van der Waals surface area contributed by atoms with Gasteiger partial charge in [0.1, 0.15) is 0 Å². The van der Waals surface area contributed by atoms with Crippen LogP contribution in [0.5, 0.6) is 0 Å². The highest BCUT2D eigenvalue weighted by molar-refractivity contribution is 5.30. The van der Waals surface area contributed by atoms with E-state index in [0.717, 1.165) is 37.1 Å². The maximum atomic E-state index is 4.43. The molecule has 1 aliphatic rings. The van der Waals surface area contributed by atoms with Crippen molar-refractivity contribution < 1.29 is 0 Å². The molecule has 0 aromatic carbocycles. The second-order valence-electron chi connectivity index (χ2n) is 4.62. The van der Waals surface area contributed by atoms with Gasteiger partial charge in [-0.1, -0.05) is 6.92 Å². The van der Waals surface area contributed by atoms with E-state index in [9.17, 15) is 0 Å². The molecular weight excluding hydrogens is 200 g/mol. The zero-order chi connectivity index (χ0) is 11.4. The monoisotopic (exact) mass is 220 g/mol. The topological polar surface area (TPSA) is 41.1 Å². The average molecular weight is 220 g/mol. The van der Waals surface area contributed by atoms with Gasteiger partial charge < -0.3 is 10.2 Å². The van der Waals surface area contributed by atoms with Crippen molar-refractivity contribution in [2.45, 2.75) is 26.3 Å². The number of hydrogen-bond donors (Lipinski definition) is 1. The maximum absolute atomic E-state index is 4.43. The molecule has 1 atom stereocenters. The first kappa shape index (κ1) is 11.3. The minimum absolute atomic E-state index is 0.759. The van der Waals surface area contributed by atoms with Crippen LogP contribution in [-0.4, -0.2) is 30.1 Å². The van der Waals surface area contributed by atoms with E-state index in [1.807, 2.05) is 19.4 Å². The summed E-state index contributed by atoms with van der Waals surface area (Å²) in [5.41, 5.74) is 1.14. The Kier molecular flexibility index (Phi) is 3.72. The predicted octanol–water partition coefficient (Wildman–Crippen LogP) is 1.43. The summed E-state index contributed by atoms with van der Waals surface area (Å²) in [5.74, 6) is 1.64. The molecule has 1 N–H and O–H groups in total. The third kappa shape index (κ3) is 2.70. The van der Waals surface area contributed by atoms with E-state index in [1.165, 1.54) is 12.8 Å². The standard InChI is InChI=1S/C12H20N4/c1-10-4-3-5-16(9-10)12-14-7-11(6-13-2)8-15-12/h7-8,10,13H,3-6,9H2,1-2H3. The Balaban J connectivity index is 2.03. The van der Waals surface area contributed by atoms with Gasteiger partial charge in [0.15, 0.2) is 0 Å². The Hall–Kier alpha value is -1.16. The van der Waals surface area contributed by atoms with Gasteiger partial charge in [0.2, 0.25) is 5.95 Å². The molecule has 4 heteroatoms. The van der Waals surface area contributed by atoms with E-state index in [4.69, 9.17) is 0 Å². The second-order valence-corrected chi connectivity index (χ2v) is 4.62. The van der Waals surface area contributed by atoms with Crippen LogP contribution in [0.25, 0.3) is 0 Å². The van der Waals surface area contributed by atoms with Crippen LogP contribution in [0.1, 0.15) is 25.3 Å². The fourth-order valence-electron chi connectivity index (χ4n) is 2.18. The van der Waals surface area contributed by atoms with Gasteiger partial charge in [-0.25, -0.2) is 9.97 Å². The highest BCUT2D eigenvalue weighted by Crippen LogP contribution is 2.19. The number of hydrogen-bond acceptors (Lipinski definition) is 4. The summed E-state index contributed by atoms with van der Waals surface area (Å²) >= 11 is 0. The highest BCUT2D eigenvalue weighted by Gasteiger charge is 2.18. The summed E-state index contributed by atoms with van der Waals surface area (Å²) in [6.45, 7) is 5.30. The SMILES string of the molecule is CNCc1cnc(N2CCCC(C)C2)nc1. The second kappa shape index (κ2) is 5.25. The summed E-state index contributed by atoms with van der Waals surface area (Å²) in [4.78, 5) is 11.1. The third-order valence-electron chi connectivity index (χ3n) is 3.01. The normalized spacial score (nSPS) is 21.1. The van der Waals surface area contributed by atoms with E-state index in [1.54, 1.807) is 0 Å². The van der Waals surface area contributed by atoms with E-state index < -0.39 is 0 Å². The zero-order valence-corrected chi connectivity index (χ0v) is 10.1. The number of aromatic nitrogens is 2. The molecule has 1 fully saturated rings. The molecule has 2 heterocycles. The average Bonchev–Trinajstić information content (AvgIpc) is 2.30. The van der Waals surface area contributed by atoms with E-state index in [-0.39, 0.29) is 0 Å². The molecule has 2 rings (SSSR count). The zero-order valence-electron chi connectivity index (χ0n) is 10.1. The van der Waals surface area contributed by atoms with Gasteiger partial charge in [0.25, 0.3) is 0 Å². The van der Waals surface area contributed by atoms with Crippen molar-refractivity contribution in [2.75, 3.05) is 25.0 Å². The Bertz CT molecular complexity index is 322. The summed E-state index contributed by atoms with van der Waals surface area (Å²) in [6.07, 6.45) is 6.41. The first-order valence-electron chi connectivity index (χ1n) is 6.00. The molecule has 1 unspecified atom stereocenters. The summed E-state index contributed by atoms with van der Waals surface area (Å²) in [6, 6.07) is 0. The molecule has 0 saturated carbocycles. The predicted molar refractivity (Wildman–Crippen MR) is 65.4 cm³/mol. The molecule has 1 saturated heterocycles. The van der Waals surface area contributed by atoms with Gasteiger partial charge in [0.05, 0.1) is 0 Å². The molecule has 4 nitrogen and oxygen atoms in total. The van der Waals surface area contributed by atoms with Crippen molar-refractivity contribution in [3.05, 3.63) is 18.0 Å². The fraction of sp³-hybridized carbons (Fsp3) is 0.667. The fourth-order valence-corrected chi connectivity index (χ4v) is 2.18. The number of rotatable bonds is 3. The molecule has 0 radical (unpaired) electrons. The highest BCUT2D eigenvalue weighted by atomic mass is 15.2. The summed E-state index contributed by atoms with van der Waals surface area (Å²) in [5, 5.41) is 3.10. The van der Waals surface area contributed by atoms with Crippen molar-refractivity contribution in [1.29, 1.82) is 0 Å². The van der Waals surface area contributed by atoms with Gasteiger partial charge in [-0.3, -0.25) is 0 Å². The smallest absolute Gasteiger partial charge is 0.225 e. The lowest BCUT2D eigenvalue weighted by Crippen LogP contribution is -2.35. The molecule has 1 aromatic rings. The number of piperidine rings is 1. The van der Waals surface area contributed by atoms with Crippen LogP contribution in [0.2, 0.25) is 0 Å². The molecule has 0 amide bonds. The van der Waals surface area contributed by atoms with Crippen LogP contribution in [0, 0.1) is 5.92 Å². The lowest BCUT2D eigenvalue weighted by molar-refractivity contribution is 0.442. The maximum Gasteiger partial charge on any atom is 0.225 e. The van der Waals surface area contributed by atoms with Crippen molar-refractivity contribution in [3.8, 4) is 0 Å². The van der Waals surface area contributed by atoms with Crippen LogP contribution < -0.4 is 10.2 Å². The summed E-state index contributed by atoms with van der Waals surface area (Å²) in [7, 11) is 1.93. The van der Waals surface area contributed by atoms with Crippen LogP contribution in [0.4, 0.5) is 5.95 Å². The molecule has 0 spiro atoms. The van der Waals surface area contributed by atoms with Crippen LogP contribution >= 0.6 is 0 Å². The lowest BCUT2D eigenvalue weighted by Gasteiger charge is -2.30. The largest absolute Gasteiger partial charge is 0.341 e. The number of nitrogens with zero attached hydrogens (tertiary/aromatic N) is 3. The Morgan fingerprint density at radius 2 is 2.19 bits per heavy atom.